The van der Waals surface area contributed by atoms with Crippen LogP contribution in [0, 0.1) is 0 Å². The van der Waals surface area contributed by atoms with Crippen LogP contribution in [0.5, 0.6) is 0 Å². The van der Waals surface area contributed by atoms with Gasteiger partial charge in [0, 0.05) is 12.7 Å². The van der Waals surface area contributed by atoms with Gasteiger partial charge in [0.15, 0.2) is 0 Å². The maximum atomic E-state index is 12.7. The number of benzene rings is 3. The van der Waals surface area contributed by atoms with E-state index in [0.29, 0.717) is 9.79 Å². The Kier molecular flexibility index (Phi) is 3.73. The molecule has 4 nitrogen and oxygen atoms in total. The van der Waals surface area contributed by atoms with E-state index in [0.717, 1.165) is 18.0 Å². The van der Waals surface area contributed by atoms with Crippen LogP contribution in [-0.2, 0) is 9.84 Å². The molecule has 0 unspecified atom stereocenters. The molecular weight excluding hydrogens is 332 g/mol. The van der Waals surface area contributed by atoms with Crippen LogP contribution >= 0.6 is 0 Å². The third-order valence-corrected chi connectivity index (χ3v) is 6.24. The molecule has 4 rings (SSSR count). The van der Waals surface area contributed by atoms with Crippen LogP contribution in [0.1, 0.15) is 0 Å². The van der Waals surface area contributed by atoms with Crippen LogP contribution in [0.2, 0.25) is 0 Å². The molecule has 1 aliphatic rings. The molecular formula is C20H18N2O2S. The normalized spacial score (nSPS) is 13.8. The van der Waals surface area contributed by atoms with Gasteiger partial charge in [-0.3, -0.25) is 0 Å². The Labute approximate surface area is 147 Å². The quantitative estimate of drug-likeness (QED) is 0.714. The highest BCUT2D eigenvalue weighted by Crippen LogP contribution is 2.39. The summed E-state index contributed by atoms with van der Waals surface area (Å²) < 4.78 is 25.4. The molecule has 1 aliphatic heterocycles. The molecule has 3 aromatic carbocycles. The van der Waals surface area contributed by atoms with Crippen LogP contribution in [0.15, 0.2) is 88.7 Å². The van der Waals surface area contributed by atoms with Crippen molar-refractivity contribution in [3.05, 3.63) is 78.9 Å². The molecule has 3 aromatic rings. The predicted octanol–water partition coefficient (Wildman–Crippen LogP) is 4.06. The number of fused-ring (bicyclic) bond motifs is 1. The lowest BCUT2D eigenvalue weighted by Gasteiger charge is -2.19. The molecule has 0 atom stereocenters. The predicted molar refractivity (Wildman–Crippen MR) is 100 cm³/mol. The van der Waals surface area contributed by atoms with Gasteiger partial charge in [0.1, 0.15) is 0 Å². The average Bonchev–Trinajstić information content (AvgIpc) is 3.00. The number of anilines is 3. The first-order valence-corrected chi connectivity index (χ1v) is 9.53. The standard InChI is InChI=1S/C20H18N2O2S/c1-21-15-22(20-10-6-5-9-19(20)21)16-11-13-18(14-12-16)25(23,24)17-7-3-2-4-8-17/h2-14H,15H2,1H3. The summed E-state index contributed by atoms with van der Waals surface area (Å²) in [5, 5.41) is 0. The van der Waals surface area contributed by atoms with Crippen LogP contribution < -0.4 is 9.80 Å². The van der Waals surface area contributed by atoms with Gasteiger partial charge < -0.3 is 9.80 Å². The van der Waals surface area contributed by atoms with E-state index in [1.165, 1.54) is 5.69 Å². The lowest BCUT2D eigenvalue weighted by atomic mass is 10.2. The summed E-state index contributed by atoms with van der Waals surface area (Å²) in [5.41, 5.74) is 3.27. The lowest BCUT2D eigenvalue weighted by Crippen LogP contribution is -2.23. The van der Waals surface area contributed by atoms with E-state index in [9.17, 15) is 8.42 Å². The largest absolute Gasteiger partial charge is 0.355 e. The fourth-order valence-corrected chi connectivity index (χ4v) is 4.42. The second-order valence-corrected chi connectivity index (χ2v) is 8.02. The molecule has 25 heavy (non-hydrogen) atoms. The van der Waals surface area contributed by atoms with Gasteiger partial charge in [-0.15, -0.1) is 0 Å². The van der Waals surface area contributed by atoms with Crippen molar-refractivity contribution in [1.29, 1.82) is 0 Å². The molecule has 0 saturated carbocycles. The zero-order valence-electron chi connectivity index (χ0n) is 13.8. The molecule has 0 aliphatic carbocycles. The maximum absolute atomic E-state index is 12.7. The number of rotatable bonds is 3. The van der Waals surface area contributed by atoms with Gasteiger partial charge in [-0.25, -0.2) is 8.42 Å². The first-order chi connectivity index (χ1) is 12.1. The van der Waals surface area contributed by atoms with E-state index < -0.39 is 9.84 Å². The summed E-state index contributed by atoms with van der Waals surface area (Å²) in [4.78, 5) is 4.97. The minimum absolute atomic E-state index is 0.309. The lowest BCUT2D eigenvalue weighted by molar-refractivity contribution is 0.596. The Hall–Kier alpha value is -2.79. The summed E-state index contributed by atoms with van der Waals surface area (Å²) in [5.74, 6) is 0. The highest BCUT2D eigenvalue weighted by Gasteiger charge is 2.24. The number of hydrogen-bond acceptors (Lipinski definition) is 4. The van der Waals surface area contributed by atoms with Crippen molar-refractivity contribution in [3.63, 3.8) is 0 Å². The van der Waals surface area contributed by atoms with Crippen LogP contribution in [0.25, 0.3) is 0 Å². The van der Waals surface area contributed by atoms with E-state index in [4.69, 9.17) is 0 Å². The highest BCUT2D eigenvalue weighted by molar-refractivity contribution is 7.91. The summed E-state index contributed by atoms with van der Waals surface area (Å²) >= 11 is 0. The minimum Gasteiger partial charge on any atom is -0.355 e. The molecule has 0 fully saturated rings. The summed E-state index contributed by atoms with van der Waals surface area (Å²) in [6.45, 7) is 0.740. The molecule has 0 spiro atoms. The first-order valence-electron chi connectivity index (χ1n) is 8.05. The van der Waals surface area contributed by atoms with E-state index in [-0.39, 0.29) is 0 Å². The molecule has 0 radical (unpaired) electrons. The zero-order valence-corrected chi connectivity index (χ0v) is 14.6. The van der Waals surface area contributed by atoms with Crippen molar-refractivity contribution >= 4 is 26.9 Å². The van der Waals surface area contributed by atoms with Crippen LogP contribution in [-0.4, -0.2) is 22.1 Å². The molecule has 1 heterocycles. The minimum atomic E-state index is -3.48. The second-order valence-electron chi connectivity index (χ2n) is 6.07. The van der Waals surface area contributed by atoms with Crippen molar-refractivity contribution < 1.29 is 8.42 Å². The number of hydrogen-bond donors (Lipinski definition) is 0. The van der Waals surface area contributed by atoms with Crippen LogP contribution in [0.4, 0.5) is 17.1 Å². The summed E-state index contributed by atoms with van der Waals surface area (Å²) in [7, 11) is -1.43. The molecule has 5 heteroatoms. The Morgan fingerprint density at radius 2 is 1.28 bits per heavy atom. The Bertz CT molecular complexity index is 999. The Morgan fingerprint density at radius 3 is 1.96 bits per heavy atom. The van der Waals surface area contributed by atoms with Crippen LogP contribution in [0.3, 0.4) is 0 Å². The summed E-state index contributed by atoms with van der Waals surface area (Å²) in [6, 6.07) is 23.8. The van der Waals surface area contributed by atoms with Gasteiger partial charge in [0.25, 0.3) is 0 Å². The average molecular weight is 350 g/mol. The van der Waals surface area contributed by atoms with Gasteiger partial charge >= 0.3 is 0 Å². The van der Waals surface area contributed by atoms with Crippen molar-refractivity contribution in [1.82, 2.24) is 0 Å². The van der Waals surface area contributed by atoms with Crippen molar-refractivity contribution in [2.75, 3.05) is 23.5 Å². The number of para-hydroxylation sites is 2. The van der Waals surface area contributed by atoms with Crippen molar-refractivity contribution in [2.24, 2.45) is 0 Å². The third-order valence-electron chi connectivity index (χ3n) is 4.45. The highest BCUT2D eigenvalue weighted by atomic mass is 32.2. The topological polar surface area (TPSA) is 40.6 Å². The van der Waals surface area contributed by atoms with Gasteiger partial charge in [0.2, 0.25) is 9.84 Å². The SMILES string of the molecule is CN1CN(c2ccc(S(=O)(=O)c3ccccc3)cc2)c2ccccc21. The third kappa shape index (κ3) is 2.66. The fourth-order valence-electron chi connectivity index (χ4n) is 3.14. The molecule has 0 aromatic heterocycles. The van der Waals surface area contributed by atoms with E-state index in [2.05, 4.69) is 21.9 Å². The van der Waals surface area contributed by atoms with E-state index in [1.54, 1.807) is 36.4 Å². The van der Waals surface area contributed by atoms with Crippen molar-refractivity contribution in [2.45, 2.75) is 9.79 Å². The Balaban J connectivity index is 1.68. The monoisotopic (exact) mass is 350 g/mol. The molecule has 0 amide bonds. The summed E-state index contributed by atoms with van der Waals surface area (Å²) in [6.07, 6.45) is 0. The molecule has 0 bridgehead atoms. The van der Waals surface area contributed by atoms with Gasteiger partial charge in [-0.2, -0.15) is 0 Å². The molecule has 126 valence electrons. The Morgan fingerprint density at radius 1 is 0.720 bits per heavy atom. The first kappa shape index (κ1) is 15.7. The van der Waals surface area contributed by atoms with Crippen molar-refractivity contribution in [3.8, 4) is 0 Å². The fraction of sp³-hybridized carbons (Fsp3) is 0.100. The maximum Gasteiger partial charge on any atom is 0.206 e. The number of nitrogens with zero attached hydrogens (tertiary/aromatic N) is 2. The second kappa shape index (κ2) is 5.93. The van der Waals surface area contributed by atoms with E-state index in [1.807, 2.05) is 37.4 Å². The smallest absolute Gasteiger partial charge is 0.206 e. The zero-order chi connectivity index (χ0) is 17.4. The van der Waals surface area contributed by atoms with Gasteiger partial charge in [0.05, 0.1) is 27.8 Å². The molecule has 0 saturated heterocycles. The number of sulfone groups is 1. The van der Waals surface area contributed by atoms with E-state index >= 15 is 0 Å². The van der Waals surface area contributed by atoms with Gasteiger partial charge in [-0.05, 0) is 48.5 Å². The van der Waals surface area contributed by atoms with Gasteiger partial charge in [-0.1, -0.05) is 30.3 Å². The molecule has 0 N–H and O–H groups in total.